The van der Waals surface area contributed by atoms with Gasteiger partial charge < -0.3 is 0 Å². The minimum Gasteiger partial charge on any atom is -0.166 e. The number of alkyl halides is 3. The fourth-order valence-electron chi connectivity index (χ4n) is 1.43. The fraction of sp³-hybridized carbons (Fsp3) is 0.385. The molecule has 0 unspecified atom stereocenters. The van der Waals surface area contributed by atoms with E-state index in [2.05, 4.69) is 6.92 Å². The molecule has 0 nitrogen and oxygen atoms in total. The van der Waals surface area contributed by atoms with Crippen LogP contribution >= 0.6 is 0 Å². The highest BCUT2D eigenvalue weighted by molar-refractivity contribution is 5.54. The Morgan fingerprint density at radius 1 is 1.19 bits per heavy atom. The third-order valence-corrected chi connectivity index (χ3v) is 2.29. The molecule has 3 heteroatoms. The van der Waals surface area contributed by atoms with Gasteiger partial charge in [0.1, 0.15) is 0 Å². The highest BCUT2D eigenvalue weighted by Gasteiger charge is 2.32. The van der Waals surface area contributed by atoms with Crippen molar-refractivity contribution in [1.29, 1.82) is 0 Å². The van der Waals surface area contributed by atoms with Gasteiger partial charge in [-0.15, -0.1) is 0 Å². The molecule has 0 heterocycles. The molecule has 0 aliphatic heterocycles. The summed E-state index contributed by atoms with van der Waals surface area (Å²) in [6, 6.07) is 5.63. The number of hydrogen-bond donors (Lipinski definition) is 0. The molecule has 0 saturated heterocycles. The van der Waals surface area contributed by atoms with Gasteiger partial charge in [-0.1, -0.05) is 50.1 Å². The lowest BCUT2D eigenvalue weighted by molar-refractivity contribution is -0.137. The van der Waals surface area contributed by atoms with Crippen LogP contribution in [0.15, 0.2) is 30.3 Å². The van der Waals surface area contributed by atoms with E-state index < -0.39 is 11.7 Å². The van der Waals surface area contributed by atoms with Crippen LogP contribution in [-0.2, 0) is 6.18 Å². The molecule has 0 aromatic heterocycles. The van der Waals surface area contributed by atoms with Gasteiger partial charge in [-0.2, -0.15) is 13.2 Å². The molecular weight excluding hydrogens is 213 g/mol. The first-order valence-corrected chi connectivity index (χ1v) is 5.38. The Balaban J connectivity index is 2.83. The molecule has 0 radical (unpaired) electrons. The highest BCUT2D eigenvalue weighted by Crippen LogP contribution is 2.32. The molecule has 0 atom stereocenters. The Morgan fingerprint density at radius 2 is 1.88 bits per heavy atom. The van der Waals surface area contributed by atoms with E-state index in [9.17, 15) is 13.2 Å². The van der Waals surface area contributed by atoms with Crippen LogP contribution in [0.1, 0.15) is 37.3 Å². The molecule has 0 N–H and O–H groups in total. The van der Waals surface area contributed by atoms with Gasteiger partial charge in [-0.25, -0.2) is 0 Å². The number of hydrogen-bond acceptors (Lipinski definition) is 0. The fourth-order valence-corrected chi connectivity index (χ4v) is 1.43. The van der Waals surface area contributed by atoms with Crippen molar-refractivity contribution in [3.8, 4) is 0 Å². The zero-order valence-electron chi connectivity index (χ0n) is 9.22. The zero-order valence-corrected chi connectivity index (χ0v) is 9.22. The Bertz CT molecular complexity index is 350. The summed E-state index contributed by atoms with van der Waals surface area (Å²) in [5.74, 6) is 0. The van der Waals surface area contributed by atoms with Crippen molar-refractivity contribution in [3.05, 3.63) is 41.5 Å². The zero-order chi connectivity index (χ0) is 12.0. The van der Waals surface area contributed by atoms with E-state index in [4.69, 9.17) is 0 Å². The van der Waals surface area contributed by atoms with E-state index in [1.54, 1.807) is 18.2 Å². The second-order valence-electron chi connectivity index (χ2n) is 3.63. The monoisotopic (exact) mass is 228 g/mol. The van der Waals surface area contributed by atoms with E-state index >= 15 is 0 Å². The Labute approximate surface area is 93.8 Å². The number of rotatable bonds is 4. The van der Waals surface area contributed by atoms with E-state index in [0.717, 1.165) is 25.3 Å². The Hall–Kier alpha value is -1.25. The van der Waals surface area contributed by atoms with Crippen LogP contribution in [0.5, 0.6) is 0 Å². The third kappa shape index (κ3) is 3.72. The van der Waals surface area contributed by atoms with Crippen LogP contribution in [0.25, 0.3) is 6.08 Å². The number of allylic oxidation sites excluding steroid dienone is 1. The molecule has 0 fully saturated rings. The number of halogens is 3. The summed E-state index contributed by atoms with van der Waals surface area (Å²) in [7, 11) is 0. The number of benzene rings is 1. The second kappa shape index (κ2) is 5.73. The van der Waals surface area contributed by atoms with Gasteiger partial charge in [0.25, 0.3) is 0 Å². The molecule has 0 amide bonds. The highest BCUT2D eigenvalue weighted by atomic mass is 19.4. The molecule has 0 bridgehead atoms. The Morgan fingerprint density at radius 3 is 2.50 bits per heavy atom. The molecular formula is C13H15F3. The van der Waals surface area contributed by atoms with Gasteiger partial charge >= 0.3 is 6.18 Å². The lowest BCUT2D eigenvalue weighted by atomic mass is 10.1. The first-order chi connectivity index (χ1) is 7.55. The lowest BCUT2D eigenvalue weighted by Crippen LogP contribution is -2.06. The van der Waals surface area contributed by atoms with Crippen molar-refractivity contribution in [2.75, 3.05) is 0 Å². The molecule has 1 aromatic rings. The van der Waals surface area contributed by atoms with Crippen molar-refractivity contribution in [1.82, 2.24) is 0 Å². The van der Waals surface area contributed by atoms with Crippen LogP contribution < -0.4 is 0 Å². The minimum atomic E-state index is -4.27. The maximum atomic E-state index is 12.6. The van der Waals surface area contributed by atoms with E-state index in [-0.39, 0.29) is 5.56 Å². The standard InChI is InChI=1S/C13H15F3/c1-2-3-4-5-8-11-9-6-7-10-12(11)13(14,15)16/h5-10H,2-4H2,1H3/b8-5+. The average Bonchev–Trinajstić information content (AvgIpc) is 2.24. The minimum absolute atomic E-state index is 0.242. The second-order valence-corrected chi connectivity index (χ2v) is 3.63. The number of unbranched alkanes of at least 4 members (excludes halogenated alkanes) is 2. The van der Waals surface area contributed by atoms with Gasteiger partial charge in [0.15, 0.2) is 0 Å². The first kappa shape index (κ1) is 12.8. The van der Waals surface area contributed by atoms with Crippen LogP contribution in [0.4, 0.5) is 13.2 Å². The average molecular weight is 228 g/mol. The van der Waals surface area contributed by atoms with Crippen molar-refractivity contribution in [3.63, 3.8) is 0 Å². The van der Waals surface area contributed by atoms with Gasteiger partial charge in [0.05, 0.1) is 5.56 Å². The summed E-state index contributed by atoms with van der Waals surface area (Å²) in [6.45, 7) is 2.05. The lowest BCUT2D eigenvalue weighted by Gasteiger charge is -2.09. The van der Waals surface area contributed by atoms with Gasteiger partial charge in [-0.05, 0) is 18.1 Å². The van der Waals surface area contributed by atoms with Crippen molar-refractivity contribution in [2.45, 2.75) is 32.4 Å². The summed E-state index contributed by atoms with van der Waals surface area (Å²) in [5.41, 5.74) is -0.325. The molecule has 1 rings (SSSR count). The predicted octanol–water partition coefficient (Wildman–Crippen LogP) is 4.91. The topological polar surface area (TPSA) is 0 Å². The summed E-state index contributed by atoms with van der Waals surface area (Å²) in [4.78, 5) is 0. The smallest absolute Gasteiger partial charge is 0.166 e. The van der Waals surface area contributed by atoms with E-state index in [0.29, 0.717) is 0 Å². The molecule has 88 valence electrons. The summed E-state index contributed by atoms with van der Waals surface area (Å²) >= 11 is 0. The normalized spacial score (nSPS) is 12.2. The van der Waals surface area contributed by atoms with Crippen LogP contribution in [-0.4, -0.2) is 0 Å². The van der Waals surface area contributed by atoms with Gasteiger partial charge in [0.2, 0.25) is 0 Å². The summed E-state index contributed by atoms with van der Waals surface area (Å²) in [6.07, 6.45) is 1.96. The Kier molecular flexibility index (Phi) is 4.59. The first-order valence-electron chi connectivity index (χ1n) is 5.38. The summed E-state index contributed by atoms with van der Waals surface area (Å²) in [5, 5.41) is 0. The molecule has 0 aliphatic rings. The molecule has 16 heavy (non-hydrogen) atoms. The van der Waals surface area contributed by atoms with Gasteiger partial charge in [0, 0.05) is 0 Å². The van der Waals surface area contributed by atoms with Crippen molar-refractivity contribution >= 4 is 6.08 Å². The quantitative estimate of drug-likeness (QED) is 0.642. The van der Waals surface area contributed by atoms with Crippen LogP contribution in [0.3, 0.4) is 0 Å². The van der Waals surface area contributed by atoms with Crippen LogP contribution in [0, 0.1) is 0 Å². The predicted molar refractivity (Wildman–Crippen MR) is 60.0 cm³/mol. The van der Waals surface area contributed by atoms with Crippen molar-refractivity contribution < 1.29 is 13.2 Å². The molecule has 0 saturated carbocycles. The SMILES string of the molecule is CCCC/C=C/c1ccccc1C(F)(F)F. The largest absolute Gasteiger partial charge is 0.416 e. The van der Waals surface area contributed by atoms with Crippen molar-refractivity contribution in [2.24, 2.45) is 0 Å². The maximum Gasteiger partial charge on any atom is 0.416 e. The van der Waals surface area contributed by atoms with E-state index in [1.165, 1.54) is 12.1 Å². The molecule has 1 aromatic carbocycles. The third-order valence-electron chi connectivity index (χ3n) is 2.29. The van der Waals surface area contributed by atoms with Gasteiger partial charge in [-0.3, -0.25) is 0 Å². The molecule has 0 aliphatic carbocycles. The van der Waals surface area contributed by atoms with Crippen LogP contribution in [0.2, 0.25) is 0 Å². The maximum absolute atomic E-state index is 12.6. The summed E-state index contributed by atoms with van der Waals surface area (Å²) < 4.78 is 37.8. The van der Waals surface area contributed by atoms with E-state index in [1.807, 2.05) is 0 Å². The molecule has 0 spiro atoms.